The predicted octanol–water partition coefficient (Wildman–Crippen LogP) is -0.321. The molecule has 0 aromatic rings. The third-order valence-electron chi connectivity index (χ3n) is 1.37. The van der Waals surface area contributed by atoms with E-state index >= 15 is 0 Å². The van der Waals surface area contributed by atoms with E-state index < -0.39 is 12.3 Å². The van der Waals surface area contributed by atoms with Crippen LogP contribution >= 0.6 is 0 Å². The Balaban J connectivity index is 2.28. The molecule has 2 N–H and O–H groups in total. The second-order valence-electron chi connectivity index (χ2n) is 2.08. The minimum atomic E-state index is -1.00. The van der Waals surface area contributed by atoms with Gasteiger partial charge in [0.2, 0.25) is 0 Å². The summed E-state index contributed by atoms with van der Waals surface area (Å²) in [4.78, 5) is 0. The molecular weight excluding hydrogens is 109 g/mol. The van der Waals surface area contributed by atoms with Crippen LogP contribution in [0.15, 0.2) is 0 Å². The Kier molecular flexibility index (Phi) is 1.81. The number of hydrogen-bond donors (Lipinski definition) is 2. The number of piperidine rings is 1. The third-order valence-corrected chi connectivity index (χ3v) is 1.37. The molecule has 0 unspecified atom stereocenters. The van der Waals surface area contributed by atoms with E-state index in [-0.39, 0.29) is 0 Å². The second kappa shape index (κ2) is 2.42. The van der Waals surface area contributed by atoms with Crippen LogP contribution < -0.4 is 5.32 Å². The van der Waals surface area contributed by atoms with Crippen molar-refractivity contribution < 1.29 is 9.50 Å². The molecule has 48 valence electrons. The molecule has 1 aliphatic rings. The molecule has 3 heteroatoms. The van der Waals surface area contributed by atoms with Gasteiger partial charge in [-0.25, -0.2) is 4.39 Å². The number of rotatable bonds is 0. The number of aliphatic hydroxyl groups excluding tert-OH is 1. The molecule has 0 spiro atoms. The maximum absolute atomic E-state index is 12.3. The molecule has 1 fully saturated rings. The van der Waals surface area contributed by atoms with Crippen molar-refractivity contribution in [3.8, 4) is 0 Å². The van der Waals surface area contributed by atoms with Crippen molar-refractivity contribution in [2.45, 2.75) is 18.7 Å². The number of β-amino-alcohol motifs (C(OH)–C–C–N with tert-alkyl or cyclic N) is 1. The van der Waals surface area contributed by atoms with Gasteiger partial charge in [-0.1, -0.05) is 0 Å². The summed E-state index contributed by atoms with van der Waals surface area (Å²) >= 11 is 0. The molecule has 0 aromatic carbocycles. The lowest BCUT2D eigenvalue weighted by molar-refractivity contribution is 0.0549. The number of hydrogen-bond acceptors (Lipinski definition) is 2. The first-order valence-corrected chi connectivity index (χ1v) is 2.83. The van der Waals surface area contributed by atoms with Crippen LogP contribution in [0.1, 0.15) is 6.42 Å². The molecule has 2 nitrogen and oxygen atoms in total. The SMILES string of the molecule is O[C@@H]1CNCC[C@H]1F. The highest BCUT2D eigenvalue weighted by Gasteiger charge is 2.20. The van der Waals surface area contributed by atoms with Gasteiger partial charge in [-0.2, -0.15) is 0 Å². The number of halogens is 1. The van der Waals surface area contributed by atoms with Crippen LogP contribution in [0, 0.1) is 0 Å². The van der Waals surface area contributed by atoms with Crippen LogP contribution in [-0.2, 0) is 0 Å². The van der Waals surface area contributed by atoms with E-state index in [9.17, 15) is 4.39 Å². The summed E-state index contributed by atoms with van der Waals surface area (Å²) in [5.41, 5.74) is 0. The first kappa shape index (κ1) is 5.98. The molecule has 0 saturated carbocycles. The summed E-state index contributed by atoms with van der Waals surface area (Å²) in [6, 6.07) is 0. The van der Waals surface area contributed by atoms with E-state index in [1.807, 2.05) is 0 Å². The van der Waals surface area contributed by atoms with E-state index in [1.54, 1.807) is 0 Å². The van der Waals surface area contributed by atoms with Gasteiger partial charge in [-0.3, -0.25) is 0 Å². The Morgan fingerprint density at radius 1 is 1.62 bits per heavy atom. The Bertz CT molecular complexity index is 68.8. The zero-order chi connectivity index (χ0) is 5.98. The van der Waals surface area contributed by atoms with Gasteiger partial charge in [0.05, 0.1) is 6.10 Å². The molecule has 1 heterocycles. The molecule has 1 rings (SSSR count). The van der Waals surface area contributed by atoms with Gasteiger partial charge in [0.1, 0.15) is 6.17 Å². The summed E-state index contributed by atoms with van der Waals surface area (Å²) in [5, 5.41) is 11.6. The Morgan fingerprint density at radius 2 is 2.38 bits per heavy atom. The first-order chi connectivity index (χ1) is 3.80. The average Bonchev–Trinajstić information content (AvgIpc) is 1.77. The van der Waals surface area contributed by atoms with E-state index in [2.05, 4.69) is 5.32 Å². The van der Waals surface area contributed by atoms with Gasteiger partial charge in [0.25, 0.3) is 0 Å². The Morgan fingerprint density at radius 3 is 2.75 bits per heavy atom. The molecular formula is C5H10FNO. The predicted molar refractivity (Wildman–Crippen MR) is 28.4 cm³/mol. The van der Waals surface area contributed by atoms with Crippen LogP contribution in [0.3, 0.4) is 0 Å². The molecule has 0 aliphatic carbocycles. The molecule has 1 aliphatic heterocycles. The fraction of sp³-hybridized carbons (Fsp3) is 1.00. The summed E-state index contributed by atoms with van der Waals surface area (Å²) in [7, 11) is 0. The summed E-state index contributed by atoms with van der Waals surface area (Å²) in [6.07, 6.45) is -1.33. The maximum atomic E-state index is 12.3. The van der Waals surface area contributed by atoms with Gasteiger partial charge in [0.15, 0.2) is 0 Å². The lowest BCUT2D eigenvalue weighted by Crippen LogP contribution is -2.41. The lowest BCUT2D eigenvalue weighted by Gasteiger charge is -2.21. The van der Waals surface area contributed by atoms with Gasteiger partial charge in [-0.05, 0) is 13.0 Å². The van der Waals surface area contributed by atoms with Crippen molar-refractivity contribution in [3.63, 3.8) is 0 Å². The topological polar surface area (TPSA) is 32.3 Å². The quantitative estimate of drug-likeness (QED) is 0.458. The molecule has 2 atom stereocenters. The summed E-state index contributed by atoms with van der Waals surface area (Å²) in [6.45, 7) is 1.10. The zero-order valence-electron chi connectivity index (χ0n) is 4.60. The number of aliphatic hydroxyl groups is 1. The van der Waals surface area contributed by atoms with Crippen LogP contribution in [0.25, 0.3) is 0 Å². The highest BCUT2D eigenvalue weighted by atomic mass is 19.1. The van der Waals surface area contributed by atoms with Crippen molar-refractivity contribution in [2.24, 2.45) is 0 Å². The zero-order valence-corrected chi connectivity index (χ0v) is 4.60. The Labute approximate surface area is 47.7 Å². The molecule has 0 bridgehead atoms. The largest absolute Gasteiger partial charge is 0.389 e. The van der Waals surface area contributed by atoms with Gasteiger partial charge >= 0.3 is 0 Å². The maximum Gasteiger partial charge on any atom is 0.128 e. The van der Waals surface area contributed by atoms with Crippen molar-refractivity contribution >= 4 is 0 Å². The van der Waals surface area contributed by atoms with Gasteiger partial charge in [-0.15, -0.1) is 0 Å². The summed E-state index contributed by atoms with van der Waals surface area (Å²) in [5.74, 6) is 0. The van der Waals surface area contributed by atoms with Crippen molar-refractivity contribution in [1.82, 2.24) is 5.32 Å². The van der Waals surface area contributed by atoms with E-state index in [1.165, 1.54) is 0 Å². The van der Waals surface area contributed by atoms with Gasteiger partial charge in [0, 0.05) is 6.54 Å². The normalized spacial score (nSPS) is 39.8. The minimum absolute atomic E-state index is 0.404. The fourth-order valence-electron chi connectivity index (χ4n) is 0.810. The summed E-state index contributed by atoms with van der Waals surface area (Å²) < 4.78 is 12.3. The molecule has 0 amide bonds. The molecule has 8 heavy (non-hydrogen) atoms. The van der Waals surface area contributed by atoms with E-state index in [0.717, 1.165) is 0 Å². The standard InChI is InChI=1S/C5H10FNO/c6-4-1-2-7-3-5(4)8/h4-5,7-8H,1-3H2/t4-,5-/m1/s1. The Hall–Kier alpha value is -0.150. The fourth-order valence-corrected chi connectivity index (χ4v) is 0.810. The third kappa shape index (κ3) is 1.17. The number of alkyl halides is 1. The van der Waals surface area contributed by atoms with E-state index in [0.29, 0.717) is 19.5 Å². The molecule has 0 radical (unpaired) electrons. The average molecular weight is 119 g/mol. The minimum Gasteiger partial charge on any atom is -0.389 e. The highest BCUT2D eigenvalue weighted by molar-refractivity contribution is 4.75. The lowest BCUT2D eigenvalue weighted by atomic mass is 10.1. The molecule has 1 saturated heterocycles. The highest BCUT2D eigenvalue weighted by Crippen LogP contribution is 2.06. The second-order valence-corrected chi connectivity index (χ2v) is 2.08. The molecule has 0 aromatic heterocycles. The first-order valence-electron chi connectivity index (χ1n) is 2.83. The van der Waals surface area contributed by atoms with Crippen LogP contribution in [0.4, 0.5) is 4.39 Å². The number of nitrogens with one attached hydrogen (secondary N) is 1. The monoisotopic (exact) mass is 119 g/mol. The van der Waals surface area contributed by atoms with Crippen LogP contribution in [0.5, 0.6) is 0 Å². The van der Waals surface area contributed by atoms with Crippen LogP contribution in [-0.4, -0.2) is 30.5 Å². The van der Waals surface area contributed by atoms with Crippen LogP contribution in [0.2, 0.25) is 0 Å². The van der Waals surface area contributed by atoms with Crippen molar-refractivity contribution in [1.29, 1.82) is 0 Å². The van der Waals surface area contributed by atoms with E-state index in [4.69, 9.17) is 5.11 Å². The smallest absolute Gasteiger partial charge is 0.128 e. The van der Waals surface area contributed by atoms with Gasteiger partial charge < -0.3 is 10.4 Å². The van der Waals surface area contributed by atoms with Crippen molar-refractivity contribution in [3.05, 3.63) is 0 Å². The van der Waals surface area contributed by atoms with Crippen molar-refractivity contribution in [2.75, 3.05) is 13.1 Å².